The zero-order valence-electron chi connectivity index (χ0n) is 14.8. The first kappa shape index (κ1) is 16.9. The van der Waals surface area contributed by atoms with Gasteiger partial charge in [-0.2, -0.15) is 0 Å². The summed E-state index contributed by atoms with van der Waals surface area (Å²) in [4.78, 5) is 17.9. The van der Waals surface area contributed by atoms with Gasteiger partial charge in [0.05, 0.1) is 17.9 Å². The van der Waals surface area contributed by atoms with Gasteiger partial charge in [-0.05, 0) is 18.6 Å². The van der Waals surface area contributed by atoms with Crippen molar-refractivity contribution in [1.82, 2.24) is 24.5 Å². The second-order valence-electron chi connectivity index (χ2n) is 5.68. The standard InChI is InChI=1S/C18H23N7/c1-4-6-13-15(23-12-24-17(13)20-3)11-25-10-9-22-18(25)16-14(19-2)7-5-8-21-16/h5,7-10,12,19H,4,6,11H2,1-3H3,(H,20,23,24). The fraction of sp³-hybridized carbons (Fsp3) is 0.333. The molecule has 3 aromatic heterocycles. The van der Waals surface area contributed by atoms with E-state index >= 15 is 0 Å². The monoisotopic (exact) mass is 337 g/mol. The molecule has 0 amide bonds. The molecular weight excluding hydrogens is 314 g/mol. The zero-order chi connectivity index (χ0) is 17.6. The van der Waals surface area contributed by atoms with Gasteiger partial charge in [0.2, 0.25) is 0 Å². The van der Waals surface area contributed by atoms with Crippen molar-refractivity contribution in [3.8, 4) is 11.5 Å². The van der Waals surface area contributed by atoms with Crippen molar-refractivity contribution in [3.63, 3.8) is 0 Å². The maximum atomic E-state index is 4.52. The quantitative estimate of drug-likeness (QED) is 0.690. The summed E-state index contributed by atoms with van der Waals surface area (Å²) in [6.07, 6.45) is 9.11. The maximum absolute atomic E-state index is 4.52. The molecule has 0 saturated heterocycles. The molecule has 7 nitrogen and oxygen atoms in total. The van der Waals surface area contributed by atoms with Crippen molar-refractivity contribution in [1.29, 1.82) is 0 Å². The van der Waals surface area contributed by atoms with Crippen molar-refractivity contribution in [3.05, 3.63) is 48.3 Å². The number of aromatic nitrogens is 5. The molecule has 0 saturated carbocycles. The van der Waals surface area contributed by atoms with Crippen LogP contribution in [0.4, 0.5) is 11.5 Å². The lowest BCUT2D eigenvalue weighted by Gasteiger charge is -2.14. The predicted octanol–water partition coefficient (Wildman–Crippen LogP) is 2.82. The molecule has 0 fully saturated rings. The van der Waals surface area contributed by atoms with Gasteiger partial charge >= 0.3 is 0 Å². The van der Waals surface area contributed by atoms with E-state index in [0.717, 1.165) is 47.1 Å². The van der Waals surface area contributed by atoms with Crippen LogP contribution in [0.5, 0.6) is 0 Å². The van der Waals surface area contributed by atoms with Crippen LogP contribution in [0.2, 0.25) is 0 Å². The largest absolute Gasteiger partial charge is 0.386 e. The first-order chi connectivity index (χ1) is 12.3. The molecule has 3 aromatic rings. The molecule has 0 bridgehead atoms. The van der Waals surface area contributed by atoms with Crippen LogP contribution < -0.4 is 10.6 Å². The van der Waals surface area contributed by atoms with Gasteiger partial charge in [-0.1, -0.05) is 13.3 Å². The smallest absolute Gasteiger partial charge is 0.161 e. The van der Waals surface area contributed by atoms with Gasteiger partial charge in [0.25, 0.3) is 0 Å². The normalized spacial score (nSPS) is 10.7. The van der Waals surface area contributed by atoms with Crippen molar-refractivity contribution >= 4 is 11.5 Å². The van der Waals surface area contributed by atoms with Crippen LogP contribution in [-0.4, -0.2) is 38.6 Å². The van der Waals surface area contributed by atoms with Gasteiger partial charge in [0.15, 0.2) is 5.82 Å². The molecule has 0 unspecified atom stereocenters. The summed E-state index contributed by atoms with van der Waals surface area (Å²) in [6, 6.07) is 3.90. The number of hydrogen-bond donors (Lipinski definition) is 2. The fourth-order valence-electron chi connectivity index (χ4n) is 2.91. The fourth-order valence-corrected chi connectivity index (χ4v) is 2.91. The third kappa shape index (κ3) is 3.45. The Labute approximate surface area is 147 Å². The van der Waals surface area contributed by atoms with E-state index in [1.165, 1.54) is 0 Å². The Morgan fingerprint density at radius 2 is 1.92 bits per heavy atom. The van der Waals surface area contributed by atoms with Crippen LogP contribution in [0.25, 0.3) is 11.5 Å². The van der Waals surface area contributed by atoms with Gasteiger partial charge in [-0.25, -0.2) is 15.0 Å². The summed E-state index contributed by atoms with van der Waals surface area (Å²) in [5, 5.41) is 6.34. The predicted molar refractivity (Wildman–Crippen MR) is 99.7 cm³/mol. The van der Waals surface area contributed by atoms with Crippen molar-refractivity contribution in [2.75, 3.05) is 24.7 Å². The molecule has 3 heterocycles. The van der Waals surface area contributed by atoms with E-state index in [4.69, 9.17) is 0 Å². The van der Waals surface area contributed by atoms with Crippen molar-refractivity contribution in [2.24, 2.45) is 0 Å². The van der Waals surface area contributed by atoms with Crippen molar-refractivity contribution < 1.29 is 0 Å². The van der Waals surface area contributed by atoms with E-state index in [1.807, 2.05) is 32.4 Å². The lowest BCUT2D eigenvalue weighted by atomic mass is 10.1. The lowest BCUT2D eigenvalue weighted by Crippen LogP contribution is -2.10. The number of imidazole rings is 1. The van der Waals surface area contributed by atoms with Crippen LogP contribution >= 0.6 is 0 Å². The number of nitrogens with one attached hydrogen (secondary N) is 2. The maximum Gasteiger partial charge on any atom is 0.161 e. The topological polar surface area (TPSA) is 80.6 Å². The summed E-state index contributed by atoms with van der Waals surface area (Å²) >= 11 is 0. The molecular formula is C18H23N7. The van der Waals surface area contributed by atoms with Gasteiger partial charge in [-0.3, -0.25) is 4.98 Å². The molecule has 130 valence electrons. The Hall–Kier alpha value is -2.96. The second kappa shape index (κ2) is 7.74. The Morgan fingerprint density at radius 1 is 1.04 bits per heavy atom. The average Bonchev–Trinajstić information content (AvgIpc) is 3.11. The highest BCUT2D eigenvalue weighted by molar-refractivity contribution is 5.69. The van der Waals surface area contributed by atoms with Crippen LogP contribution in [0.15, 0.2) is 37.1 Å². The summed E-state index contributed by atoms with van der Waals surface area (Å²) in [7, 11) is 3.78. The minimum atomic E-state index is 0.627. The highest BCUT2D eigenvalue weighted by atomic mass is 15.1. The highest BCUT2D eigenvalue weighted by Crippen LogP contribution is 2.25. The van der Waals surface area contributed by atoms with Crippen LogP contribution in [-0.2, 0) is 13.0 Å². The number of hydrogen-bond acceptors (Lipinski definition) is 6. The first-order valence-corrected chi connectivity index (χ1v) is 8.43. The van der Waals surface area contributed by atoms with Crippen molar-refractivity contribution in [2.45, 2.75) is 26.3 Å². The second-order valence-corrected chi connectivity index (χ2v) is 5.68. The van der Waals surface area contributed by atoms with Gasteiger partial charge in [0.1, 0.15) is 17.8 Å². The summed E-state index contributed by atoms with van der Waals surface area (Å²) in [5.74, 6) is 1.71. The Balaban J connectivity index is 2.00. The third-order valence-corrected chi connectivity index (χ3v) is 4.10. The molecule has 0 aliphatic heterocycles. The molecule has 0 aromatic carbocycles. The number of pyridine rings is 1. The van der Waals surface area contributed by atoms with Gasteiger partial charge < -0.3 is 15.2 Å². The van der Waals surface area contributed by atoms with Crippen LogP contribution in [0.3, 0.4) is 0 Å². The molecule has 2 N–H and O–H groups in total. The SMILES string of the molecule is CCCc1c(Cn2ccnc2-c2ncccc2NC)ncnc1NC. The van der Waals surface area contributed by atoms with E-state index in [9.17, 15) is 0 Å². The highest BCUT2D eigenvalue weighted by Gasteiger charge is 2.15. The van der Waals surface area contributed by atoms with Crippen LogP contribution in [0, 0.1) is 0 Å². The molecule has 0 atom stereocenters. The molecule has 0 aliphatic rings. The summed E-state index contributed by atoms with van der Waals surface area (Å²) < 4.78 is 2.07. The van der Waals surface area contributed by atoms with Gasteiger partial charge in [-0.15, -0.1) is 0 Å². The van der Waals surface area contributed by atoms with E-state index in [2.05, 4.69) is 42.1 Å². The molecule has 0 spiro atoms. The van der Waals surface area contributed by atoms with E-state index in [1.54, 1.807) is 18.7 Å². The molecule has 0 aliphatic carbocycles. The average molecular weight is 337 g/mol. The number of anilines is 2. The summed E-state index contributed by atoms with van der Waals surface area (Å²) in [6.45, 7) is 2.79. The molecule has 0 radical (unpaired) electrons. The Bertz CT molecular complexity index is 841. The van der Waals surface area contributed by atoms with E-state index in [0.29, 0.717) is 6.54 Å². The molecule has 3 rings (SSSR count). The van der Waals surface area contributed by atoms with Crippen LogP contribution in [0.1, 0.15) is 24.6 Å². The van der Waals surface area contributed by atoms with Gasteiger partial charge in [0, 0.05) is 38.2 Å². The van der Waals surface area contributed by atoms with E-state index in [-0.39, 0.29) is 0 Å². The first-order valence-electron chi connectivity index (χ1n) is 8.43. The van der Waals surface area contributed by atoms with E-state index < -0.39 is 0 Å². The lowest BCUT2D eigenvalue weighted by molar-refractivity contribution is 0.751. The zero-order valence-corrected chi connectivity index (χ0v) is 14.8. The minimum absolute atomic E-state index is 0.627. The number of rotatable bonds is 7. The minimum Gasteiger partial charge on any atom is -0.386 e. The molecule has 25 heavy (non-hydrogen) atoms. The Morgan fingerprint density at radius 3 is 2.68 bits per heavy atom. The molecule has 7 heteroatoms. The third-order valence-electron chi connectivity index (χ3n) is 4.10. The number of nitrogens with zero attached hydrogens (tertiary/aromatic N) is 5. The Kier molecular flexibility index (Phi) is 5.23. The summed E-state index contributed by atoms with van der Waals surface area (Å²) in [5.41, 5.74) is 3.93.